The fourth-order valence-electron chi connectivity index (χ4n) is 3.68. The first-order valence-electron chi connectivity index (χ1n) is 7.90. The quantitative estimate of drug-likeness (QED) is 0.745. The summed E-state index contributed by atoms with van der Waals surface area (Å²) in [6.07, 6.45) is 4.65. The van der Waals surface area contributed by atoms with Gasteiger partial charge in [0.05, 0.1) is 11.6 Å². The van der Waals surface area contributed by atoms with E-state index in [0.29, 0.717) is 10.5 Å². The number of rotatable bonds is 1. The van der Waals surface area contributed by atoms with Gasteiger partial charge in [0, 0.05) is 35.1 Å². The van der Waals surface area contributed by atoms with Crippen molar-refractivity contribution in [3.8, 4) is 0 Å². The third-order valence-electron chi connectivity index (χ3n) is 4.79. The molecule has 0 atom stereocenters. The number of pyridine rings is 1. The second-order valence-electron chi connectivity index (χ2n) is 6.36. The first-order valence-corrected chi connectivity index (χ1v) is 8.27. The summed E-state index contributed by atoms with van der Waals surface area (Å²) in [5.74, 6) is 0. The van der Waals surface area contributed by atoms with E-state index in [0.717, 1.165) is 42.0 Å². The Hall–Kier alpha value is -1.85. The van der Waals surface area contributed by atoms with Crippen molar-refractivity contribution in [2.24, 2.45) is 7.05 Å². The Balaban J connectivity index is 2.05. The zero-order valence-electron chi connectivity index (χ0n) is 12.9. The van der Waals surface area contributed by atoms with Crippen molar-refractivity contribution in [3.05, 3.63) is 39.8 Å². The predicted octanol–water partition coefficient (Wildman–Crippen LogP) is 3.02. The summed E-state index contributed by atoms with van der Waals surface area (Å²) in [7, 11) is 1.82. The monoisotopic (exact) mass is 331 g/mol. The molecule has 5 nitrogen and oxygen atoms in total. The minimum Gasteiger partial charge on any atom is -0.393 e. The van der Waals surface area contributed by atoms with E-state index in [2.05, 4.69) is 5.10 Å². The average molecular weight is 332 g/mol. The Morgan fingerprint density at radius 1 is 1.22 bits per heavy atom. The van der Waals surface area contributed by atoms with E-state index in [-0.39, 0.29) is 17.7 Å². The number of benzene rings is 1. The van der Waals surface area contributed by atoms with Crippen molar-refractivity contribution in [3.63, 3.8) is 0 Å². The van der Waals surface area contributed by atoms with Crippen molar-refractivity contribution in [1.29, 1.82) is 0 Å². The van der Waals surface area contributed by atoms with Gasteiger partial charge in [-0.1, -0.05) is 17.7 Å². The van der Waals surface area contributed by atoms with Gasteiger partial charge in [0.15, 0.2) is 5.52 Å². The number of hydrogen-bond donors (Lipinski definition) is 1. The van der Waals surface area contributed by atoms with E-state index in [9.17, 15) is 9.90 Å². The van der Waals surface area contributed by atoms with Crippen LogP contribution in [-0.2, 0) is 7.05 Å². The number of nitrogens with zero attached hydrogens (tertiary/aromatic N) is 3. The highest BCUT2D eigenvalue weighted by atomic mass is 35.5. The molecule has 1 aromatic carbocycles. The molecule has 1 aliphatic carbocycles. The lowest BCUT2D eigenvalue weighted by Gasteiger charge is -2.28. The lowest BCUT2D eigenvalue weighted by Crippen LogP contribution is -2.29. The molecule has 0 aliphatic heterocycles. The van der Waals surface area contributed by atoms with Crippen LogP contribution < -0.4 is 5.56 Å². The molecule has 6 heteroatoms. The van der Waals surface area contributed by atoms with E-state index in [4.69, 9.17) is 11.6 Å². The number of halogens is 1. The van der Waals surface area contributed by atoms with Crippen LogP contribution in [0.1, 0.15) is 31.7 Å². The molecule has 0 amide bonds. The molecule has 3 aromatic rings. The van der Waals surface area contributed by atoms with Crippen LogP contribution in [0.15, 0.2) is 29.2 Å². The Kier molecular flexibility index (Phi) is 3.43. The van der Waals surface area contributed by atoms with Gasteiger partial charge in [-0.05, 0) is 37.8 Å². The van der Waals surface area contributed by atoms with Crippen LogP contribution in [0.4, 0.5) is 0 Å². The summed E-state index contributed by atoms with van der Waals surface area (Å²) in [6, 6.07) is 5.74. The standard InChI is InChI=1S/C17H18ClN3O2/c1-20-9-14-13-7-2-10(18)8-15(13)21(17(23)16(14)19-20)11-3-5-12(22)6-4-11/h2,7-9,11-12,22H,3-6H2,1H3. The second-order valence-corrected chi connectivity index (χ2v) is 6.80. The van der Waals surface area contributed by atoms with Gasteiger partial charge in [0.1, 0.15) is 0 Å². The molecular weight excluding hydrogens is 314 g/mol. The molecule has 0 unspecified atom stereocenters. The van der Waals surface area contributed by atoms with Crippen LogP contribution in [0.25, 0.3) is 21.8 Å². The maximum atomic E-state index is 13.0. The molecule has 0 spiro atoms. The normalized spacial score (nSPS) is 22.0. The summed E-state index contributed by atoms with van der Waals surface area (Å²) < 4.78 is 3.51. The van der Waals surface area contributed by atoms with E-state index in [1.807, 2.05) is 36.0 Å². The van der Waals surface area contributed by atoms with E-state index < -0.39 is 0 Å². The number of hydrogen-bond acceptors (Lipinski definition) is 3. The first kappa shape index (κ1) is 14.7. The Morgan fingerprint density at radius 2 is 1.96 bits per heavy atom. The van der Waals surface area contributed by atoms with Crippen molar-refractivity contribution < 1.29 is 5.11 Å². The Labute approximate surface area is 138 Å². The lowest BCUT2D eigenvalue weighted by atomic mass is 9.92. The van der Waals surface area contributed by atoms with Gasteiger partial charge >= 0.3 is 0 Å². The summed E-state index contributed by atoms with van der Waals surface area (Å²) in [6.45, 7) is 0. The van der Waals surface area contributed by atoms with Crippen molar-refractivity contribution in [2.45, 2.75) is 37.8 Å². The van der Waals surface area contributed by atoms with Crippen LogP contribution in [0.5, 0.6) is 0 Å². The van der Waals surface area contributed by atoms with Gasteiger partial charge in [-0.3, -0.25) is 9.48 Å². The predicted molar refractivity (Wildman–Crippen MR) is 91.0 cm³/mol. The fraction of sp³-hybridized carbons (Fsp3) is 0.412. The molecule has 0 radical (unpaired) electrons. The highest BCUT2D eigenvalue weighted by molar-refractivity contribution is 6.31. The summed E-state index contributed by atoms with van der Waals surface area (Å²) in [5.41, 5.74) is 1.27. The maximum absolute atomic E-state index is 13.0. The van der Waals surface area contributed by atoms with Crippen LogP contribution in [0.2, 0.25) is 5.02 Å². The largest absolute Gasteiger partial charge is 0.393 e. The lowest BCUT2D eigenvalue weighted by molar-refractivity contribution is 0.111. The van der Waals surface area contributed by atoms with Crippen LogP contribution in [0, 0.1) is 0 Å². The smallest absolute Gasteiger partial charge is 0.279 e. The molecule has 1 fully saturated rings. The van der Waals surface area contributed by atoms with E-state index in [1.165, 1.54) is 0 Å². The minimum absolute atomic E-state index is 0.0724. The molecule has 23 heavy (non-hydrogen) atoms. The molecule has 0 bridgehead atoms. The number of aryl methyl sites for hydroxylation is 1. The van der Waals surface area contributed by atoms with Gasteiger partial charge in [-0.15, -0.1) is 0 Å². The molecule has 2 heterocycles. The van der Waals surface area contributed by atoms with E-state index in [1.54, 1.807) is 4.68 Å². The number of aliphatic hydroxyl groups is 1. The molecule has 0 saturated heterocycles. The molecule has 4 rings (SSSR count). The molecule has 120 valence electrons. The minimum atomic E-state index is -0.254. The average Bonchev–Trinajstić information content (AvgIpc) is 2.91. The Morgan fingerprint density at radius 3 is 2.70 bits per heavy atom. The SMILES string of the molecule is Cn1cc2c(n1)c(=O)n(C1CCC(O)CC1)c1cc(Cl)ccc21. The van der Waals surface area contributed by atoms with Crippen molar-refractivity contribution in [1.82, 2.24) is 14.3 Å². The van der Waals surface area contributed by atoms with Crippen LogP contribution in [0.3, 0.4) is 0 Å². The van der Waals surface area contributed by atoms with E-state index >= 15 is 0 Å². The Bertz CT molecular complexity index is 952. The second kappa shape index (κ2) is 5.35. The molecule has 1 aliphatic rings. The zero-order chi connectivity index (χ0) is 16.1. The number of aromatic nitrogens is 3. The highest BCUT2D eigenvalue weighted by Gasteiger charge is 2.25. The maximum Gasteiger partial charge on any atom is 0.279 e. The molecule has 1 saturated carbocycles. The summed E-state index contributed by atoms with van der Waals surface area (Å²) in [4.78, 5) is 13.0. The zero-order valence-corrected chi connectivity index (χ0v) is 13.6. The highest BCUT2D eigenvalue weighted by Crippen LogP contribution is 2.32. The fourth-order valence-corrected chi connectivity index (χ4v) is 3.84. The summed E-state index contributed by atoms with van der Waals surface area (Å²) in [5, 5.41) is 16.6. The third kappa shape index (κ3) is 2.35. The van der Waals surface area contributed by atoms with Gasteiger partial charge < -0.3 is 9.67 Å². The third-order valence-corrected chi connectivity index (χ3v) is 5.03. The van der Waals surface area contributed by atoms with Crippen molar-refractivity contribution in [2.75, 3.05) is 0 Å². The van der Waals surface area contributed by atoms with Gasteiger partial charge in [-0.2, -0.15) is 5.10 Å². The number of aliphatic hydroxyl groups excluding tert-OH is 1. The molecule has 2 aromatic heterocycles. The van der Waals surface area contributed by atoms with Crippen LogP contribution >= 0.6 is 11.6 Å². The summed E-state index contributed by atoms with van der Waals surface area (Å²) >= 11 is 6.19. The van der Waals surface area contributed by atoms with Gasteiger partial charge in [-0.25, -0.2) is 0 Å². The van der Waals surface area contributed by atoms with Crippen LogP contribution in [-0.4, -0.2) is 25.6 Å². The van der Waals surface area contributed by atoms with Gasteiger partial charge in [0.2, 0.25) is 0 Å². The first-order chi connectivity index (χ1) is 11.0. The number of fused-ring (bicyclic) bond motifs is 3. The topological polar surface area (TPSA) is 60.0 Å². The molecule has 1 N–H and O–H groups in total. The van der Waals surface area contributed by atoms with Gasteiger partial charge in [0.25, 0.3) is 5.56 Å². The van der Waals surface area contributed by atoms with Crippen molar-refractivity contribution >= 4 is 33.4 Å². The molecular formula is C17H18ClN3O2.